The topological polar surface area (TPSA) is 0 Å². The number of benzene rings is 1. The fraction of sp³-hybridized carbons (Fsp3) is 0.467. The van der Waals surface area contributed by atoms with Gasteiger partial charge in [-0.1, -0.05) is 43.5 Å². The van der Waals surface area contributed by atoms with Crippen LogP contribution >= 0.6 is 0 Å². The van der Waals surface area contributed by atoms with Gasteiger partial charge in [-0.2, -0.15) is 8.78 Å². The Hall–Kier alpha value is -1.18. The van der Waals surface area contributed by atoms with Gasteiger partial charge in [-0.25, -0.2) is 0 Å². The van der Waals surface area contributed by atoms with Crippen molar-refractivity contribution in [1.82, 2.24) is 0 Å². The Kier molecular flexibility index (Phi) is 4.29. The Morgan fingerprint density at radius 3 is 2.53 bits per heavy atom. The molecule has 92 valence electrons. The molecule has 1 aliphatic carbocycles. The highest BCUT2D eigenvalue weighted by molar-refractivity contribution is 5.32. The second-order valence-electron chi connectivity index (χ2n) is 4.73. The summed E-state index contributed by atoms with van der Waals surface area (Å²) in [5, 5.41) is 0. The Bertz CT molecular complexity index is 386. The van der Waals surface area contributed by atoms with Crippen molar-refractivity contribution in [2.45, 2.75) is 44.4 Å². The van der Waals surface area contributed by atoms with Crippen LogP contribution in [-0.4, -0.2) is 0 Å². The van der Waals surface area contributed by atoms with Crippen molar-refractivity contribution in [1.29, 1.82) is 0 Å². The van der Waals surface area contributed by atoms with Gasteiger partial charge in [-0.3, -0.25) is 0 Å². The van der Waals surface area contributed by atoms with Gasteiger partial charge in [-0.15, -0.1) is 0 Å². The summed E-state index contributed by atoms with van der Waals surface area (Å²) in [4.78, 5) is 0. The molecule has 0 radical (unpaired) electrons. The van der Waals surface area contributed by atoms with Crippen LogP contribution < -0.4 is 0 Å². The molecule has 0 N–H and O–H groups in total. The van der Waals surface area contributed by atoms with Crippen molar-refractivity contribution in [2.24, 2.45) is 0 Å². The van der Waals surface area contributed by atoms with Gasteiger partial charge < -0.3 is 0 Å². The monoisotopic (exact) mass is 236 g/mol. The SMILES string of the molecule is FC(F)=CCc1ccccc1C1CCCCC1. The molecule has 0 aliphatic heterocycles. The van der Waals surface area contributed by atoms with Crippen LogP contribution in [0.3, 0.4) is 0 Å². The van der Waals surface area contributed by atoms with E-state index in [1.165, 1.54) is 37.7 Å². The minimum atomic E-state index is -1.58. The summed E-state index contributed by atoms with van der Waals surface area (Å²) in [5.41, 5.74) is 2.34. The molecule has 1 aliphatic rings. The molecule has 0 amide bonds. The lowest BCUT2D eigenvalue weighted by atomic mass is 9.81. The normalized spacial score (nSPS) is 16.8. The average molecular weight is 236 g/mol. The second-order valence-corrected chi connectivity index (χ2v) is 4.73. The minimum absolute atomic E-state index is 0.356. The van der Waals surface area contributed by atoms with Crippen LogP contribution in [0.4, 0.5) is 8.78 Å². The quantitative estimate of drug-likeness (QED) is 0.688. The molecule has 0 bridgehead atoms. The van der Waals surface area contributed by atoms with Gasteiger partial charge >= 0.3 is 0 Å². The van der Waals surface area contributed by atoms with E-state index in [0.29, 0.717) is 12.3 Å². The summed E-state index contributed by atoms with van der Waals surface area (Å²) in [6.45, 7) is 0. The summed E-state index contributed by atoms with van der Waals surface area (Å²) >= 11 is 0. The average Bonchev–Trinajstić information content (AvgIpc) is 2.38. The number of halogens is 2. The lowest BCUT2D eigenvalue weighted by Gasteiger charge is -2.24. The van der Waals surface area contributed by atoms with Crippen LogP contribution in [0, 0.1) is 0 Å². The first-order chi connectivity index (χ1) is 8.27. The van der Waals surface area contributed by atoms with Crippen molar-refractivity contribution in [2.75, 3.05) is 0 Å². The van der Waals surface area contributed by atoms with Crippen LogP contribution in [0.2, 0.25) is 0 Å². The summed E-state index contributed by atoms with van der Waals surface area (Å²) < 4.78 is 24.3. The predicted octanol–water partition coefficient (Wildman–Crippen LogP) is 5.06. The second kappa shape index (κ2) is 5.95. The van der Waals surface area contributed by atoms with Crippen LogP contribution in [0.5, 0.6) is 0 Å². The summed E-state index contributed by atoms with van der Waals surface area (Å²) in [6, 6.07) is 8.03. The zero-order valence-electron chi connectivity index (χ0n) is 9.96. The van der Waals surface area contributed by atoms with E-state index in [2.05, 4.69) is 6.07 Å². The molecular formula is C15H18F2. The molecule has 0 atom stereocenters. The van der Waals surface area contributed by atoms with Gasteiger partial charge in [0.25, 0.3) is 6.08 Å². The molecule has 1 aromatic rings. The van der Waals surface area contributed by atoms with E-state index in [4.69, 9.17) is 0 Å². The molecular weight excluding hydrogens is 218 g/mol. The van der Waals surface area contributed by atoms with Crippen molar-refractivity contribution in [3.8, 4) is 0 Å². The third kappa shape index (κ3) is 3.39. The minimum Gasteiger partial charge on any atom is -0.174 e. The lowest BCUT2D eigenvalue weighted by molar-refractivity contribution is 0.418. The molecule has 2 rings (SSSR count). The first-order valence-electron chi connectivity index (χ1n) is 6.36. The van der Waals surface area contributed by atoms with Crippen LogP contribution in [-0.2, 0) is 6.42 Å². The number of hydrogen-bond donors (Lipinski definition) is 0. The van der Waals surface area contributed by atoms with Crippen molar-refractivity contribution < 1.29 is 8.78 Å². The highest BCUT2D eigenvalue weighted by Gasteiger charge is 2.17. The Morgan fingerprint density at radius 1 is 1.12 bits per heavy atom. The highest BCUT2D eigenvalue weighted by Crippen LogP contribution is 2.34. The first-order valence-corrected chi connectivity index (χ1v) is 6.36. The van der Waals surface area contributed by atoms with Crippen LogP contribution in [0.15, 0.2) is 36.4 Å². The van der Waals surface area contributed by atoms with E-state index in [9.17, 15) is 8.78 Å². The molecule has 2 heteroatoms. The van der Waals surface area contributed by atoms with Crippen LogP contribution in [0.1, 0.15) is 49.1 Å². The Morgan fingerprint density at radius 2 is 1.82 bits per heavy atom. The molecule has 0 saturated heterocycles. The third-order valence-corrected chi connectivity index (χ3v) is 3.58. The van der Waals surface area contributed by atoms with E-state index in [1.54, 1.807) is 0 Å². The maximum atomic E-state index is 12.2. The van der Waals surface area contributed by atoms with E-state index >= 15 is 0 Å². The molecule has 0 unspecified atom stereocenters. The first kappa shape index (κ1) is 12.3. The number of hydrogen-bond acceptors (Lipinski definition) is 0. The lowest BCUT2D eigenvalue weighted by Crippen LogP contribution is -2.07. The molecule has 17 heavy (non-hydrogen) atoms. The van der Waals surface area contributed by atoms with Gasteiger partial charge in [0.2, 0.25) is 0 Å². The fourth-order valence-corrected chi connectivity index (χ4v) is 2.72. The van der Waals surface area contributed by atoms with Crippen molar-refractivity contribution in [3.63, 3.8) is 0 Å². The number of allylic oxidation sites excluding steroid dienone is 1. The molecule has 1 saturated carbocycles. The van der Waals surface area contributed by atoms with E-state index in [1.807, 2.05) is 18.2 Å². The van der Waals surface area contributed by atoms with E-state index in [-0.39, 0.29) is 0 Å². The highest BCUT2D eigenvalue weighted by atomic mass is 19.3. The van der Waals surface area contributed by atoms with Gasteiger partial charge in [0.05, 0.1) is 0 Å². The third-order valence-electron chi connectivity index (χ3n) is 3.58. The van der Waals surface area contributed by atoms with Gasteiger partial charge in [0.1, 0.15) is 0 Å². The smallest absolute Gasteiger partial charge is 0.174 e. The Balaban J connectivity index is 2.17. The summed E-state index contributed by atoms with van der Waals surface area (Å²) in [6.07, 6.45) is 6.06. The Labute approximate surface area is 101 Å². The summed E-state index contributed by atoms with van der Waals surface area (Å²) in [5.74, 6) is 0.580. The molecule has 1 aromatic carbocycles. The van der Waals surface area contributed by atoms with Gasteiger partial charge in [-0.05, 0) is 42.4 Å². The fourth-order valence-electron chi connectivity index (χ4n) is 2.72. The molecule has 0 nitrogen and oxygen atoms in total. The van der Waals surface area contributed by atoms with E-state index in [0.717, 1.165) is 11.6 Å². The van der Waals surface area contributed by atoms with E-state index < -0.39 is 6.08 Å². The predicted molar refractivity (Wildman–Crippen MR) is 66.3 cm³/mol. The maximum absolute atomic E-state index is 12.2. The standard InChI is InChI=1S/C15H18F2/c16-15(17)11-10-13-8-4-5-9-14(13)12-6-2-1-3-7-12/h4-5,8-9,11-12H,1-3,6-7,10H2. The molecule has 0 heterocycles. The zero-order chi connectivity index (χ0) is 12.1. The zero-order valence-corrected chi connectivity index (χ0v) is 9.96. The number of rotatable bonds is 3. The summed E-state index contributed by atoms with van der Waals surface area (Å²) in [7, 11) is 0. The molecule has 0 spiro atoms. The maximum Gasteiger partial charge on any atom is 0.266 e. The molecule has 0 aromatic heterocycles. The largest absolute Gasteiger partial charge is 0.266 e. The van der Waals surface area contributed by atoms with Gasteiger partial charge in [0.15, 0.2) is 0 Å². The van der Waals surface area contributed by atoms with Gasteiger partial charge in [0, 0.05) is 0 Å². The van der Waals surface area contributed by atoms with Crippen LogP contribution in [0.25, 0.3) is 0 Å². The molecule has 1 fully saturated rings. The van der Waals surface area contributed by atoms with Crippen molar-refractivity contribution in [3.05, 3.63) is 47.5 Å². The van der Waals surface area contributed by atoms with Crippen molar-refractivity contribution >= 4 is 0 Å².